The maximum absolute atomic E-state index is 10.4. The van der Waals surface area contributed by atoms with E-state index in [2.05, 4.69) is 12.2 Å². The Balaban J connectivity index is 4.22. The van der Waals surface area contributed by atoms with Crippen molar-refractivity contribution in [1.82, 2.24) is 0 Å². The molecule has 2 N–H and O–H groups in total. The van der Waals surface area contributed by atoms with Crippen molar-refractivity contribution < 1.29 is 4.79 Å². The predicted molar refractivity (Wildman–Crippen MR) is 36.6 cm³/mol. The topological polar surface area (TPSA) is 66.9 Å². The first-order valence-electron chi connectivity index (χ1n) is 2.29. The molecule has 4 heteroatoms. The highest BCUT2D eigenvalue weighted by molar-refractivity contribution is 7.80. The molecule has 0 aromatic carbocycles. The van der Waals surface area contributed by atoms with E-state index in [0.717, 1.165) is 0 Å². The third kappa shape index (κ3) is 2.20. The Kier molecular flexibility index (Phi) is 2.82. The Hall–Kier alpha value is -0.950. The molecule has 0 aromatic rings. The Morgan fingerprint density at radius 2 is 2.33 bits per heavy atom. The number of thiocarbonyl (C=S) groups is 1. The minimum Gasteiger partial charge on any atom is -0.392 e. The fourth-order valence-corrected chi connectivity index (χ4v) is 0.574. The number of carbonyl (C=O) groups excluding carboxylic acids is 1. The van der Waals surface area contributed by atoms with Gasteiger partial charge in [-0.15, -0.1) is 0 Å². The van der Waals surface area contributed by atoms with Crippen molar-refractivity contribution in [2.75, 3.05) is 0 Å². The molecule has 0 spiro atoms. The highest BCUT2D eigenvalue weighted by Gasteiger charge is 2.14. The number of nitrogens with zero attached hydrogens (tertiary/aromatic N) is 1. The molecular formula is C5H6N2OS. The van der Waals surface area contributed by atoms with Gasteiger partial charge in [0.1, 0.15) is 0 Å². The number of nitriles is 1. The van der Waals surface area contributed by atoms with Crippen LogP contribution in [0.4, 0.5) is 0 Å². The predicted octanol–water partition coefficient (Wildman–Crippen LogP) is 0.00128. The van der Waals surface area contributed by atoms with E-state index in [1.54, 1.807) is 6.07 Å². The van der Waals surface area contributed by atoms with E-state index < -0.39 is 5.92 Å². The number of rotatable bonds is 2. The molecule has 0 heterocycles. The van der Waals surface area contributed by atoms with Crippen molar-refractivity contribution in [2.24, 2.45) is 11.7 Å². The van der Waals surface area contributed by atoms with Crippen LogP contribution >= 0.6 is 12.2 Å². The van der Waals surface area contributed by atoms with Crippen LogP contribution < -0.4 is 5.73 Å². The smallest absolute Gasteiger partial charge is 0.154 e. The summed E-state index contributed by atoms with van der Waals surface area (Å²) in [6.45, 7) is 1.28. The normalized spacial score (nSPS) is 11.6. The third-order valence-electron chi connectivity index (χ3n) is 0.820. The average molecular weight is 142 g/mol. The lowest BCUT2D eigenvalue weighted by Gasteiger charge is -1.98. The average Bonchev–Trinajstić information content (AvgIpc) is 1.64. The summed E-state index contributed by atoms with van der Waals surface area (Å²) in [5.41, 5.74) is 5.04. The van der Waals surface area contributed by atoms with Crippen molar-refractivity contribution in [3.63, 3.8) is 0 Å². The highest BCUT2D eigenvalue weighted by atomic mass is 32.1. The van der Waals surface area contributed by atoms with Crippen LogP contribution in [0.1, 0.15) is 6.92 Å². The van der Waals surface area contributed by atoms with Gasteiger partial charge in [0, 0.05) is 0 Å². The molecule has 0 rings (SSSR count). The molecule has 1 atom stereocenters. The van der Waals surface area contributed by atoms with Gasteiger partial charge in [0.05, 0.1) is 11.1 Å². The molecule has 0 radical (unpaired) electrons. The van der Waals surface area contributed by atoms with E-state index in [-0.39, 0.29) is 10.8 Å². The molecule has 0 amide bonds. The van der Waals surface area contributed by atoms with Crippen LogP contribution in [0.5, 0.6) is 0 Å². The van der Waals surface area contributed by atoms with Crippen molar-refractivity contribution in [3.8, 4) is 6.07 Å². The Morgan fingerprint density at radius 1 is 1.89 bits per heavy atom. The molecule has 0 fully saturated rings. The summed E-state index contributed by atoms with van der Waals surface area (Å²) >= 11 is 4.43. The summed E-state index contributed by atoms with van der Waals surface area (Å²) in [5, 5.41) is 8.23. The van der Waals surface area contributed by atoms with Gasteiger partial charge in [0.25, 0.3) is 0 Å². The Bertz CT molecular complexity index is 168. The first-order valence-corrected chi connectivity index (χ1v) is 2.69. The summed E-state index contributed by atoms with van der Waals surface area (Å²) in [4.78, 5) is 10.4. The Labute approximate surface area is 58.5 Å². The number of carbonyl (C=O) groups is 1. The van der Waals surface area contributed by atoms with Gasteiger partial charge in [-0.2, -0.15) is 5.26 Å². The molecule has 48 valence electrons. The standard InChI is InChI=1S/C5H6N2OS/c1-3(8)4(2-6)5(7)9/h4H,1H3,(H2,7,9). The molecular weight excluding hydrogens is 136 g/mol. The van der Waals surface area contributed by atoms with Crippen LogP contribution in [-0.2, 0) is 4.79 Å². The van der Waals surface area contributed by atoms with Gasteiger partial charge in [-0.3, -0.25) is 4.79 Å². The van der Waals surface area contributed by atoms with Gasteiger partial charge in [-0.05, 0) is 6.92 Å². The zero-order valence-electron chi connectivity index (χ0n) is 4.92. The van der Waals surface area contributed by atoms with Gasteiger partial charge < -0.3 is 5.73 Å². The van der Waals surface area contributed by atoms with Gasteiger partial charge in [0.15, 0.2) is 11.7 Å². The molecule has 0 saturated carbocycles. The van der Waals surface area contributed by atoms with Crippen LogP contribution in [0.3, 0.4) is 0 Å². The Morgan fingerprint density at radius 3 is 2.33 bits per heavy atom. The number of nitrogens with two attached hydrogens (primary N) is 1. The van der Waals surface area contributed by atoms with E-state index in [1.165, 1.54) is 6.92 Å². The van der Waals surface area contributed by atoms with E-state index >= 15 is 0 Å². The second kappa shape index (κ2) is 3.15. The molecule has 9 heavy (non-hydrogen) atoms. The second-order valence-electron chi connectivity index (χ2n) is 1.58. The van der Waals surface area contributed by atoms with Crippen molar-refractivity contribution in [2.45, 2.75) is 6.92 Å². The summed E-state index contributed by atoms with van der Waals surface area (Å²) in [7, 11) is 0. The lowest BCUT2D eigenvalue weighted by atomic mass is 10.1. The van der Waals surface area contributed by atoms with Gasteiger partial charge >= 0.3 is 0 Å². The number of ketones is 1. The summed E-state index contributed by atoms with van der Waals surface area (Å²) in [5.74, 6) is -1.20. The molecule has 1 unspecified atom stereocenters. The fraction of sp³-hybridized carbons (Fsp3) is 0.400. The molecule has 0 aromatic heterocycles. The van der Waals surface area contributed by atoms with Crippen molar-refractivity contribution in [3.05, 3.63) is 0 Å². The maximum Gasteiger partial charge on any atom is 0.154 e. The van der Waals surface area contributed by atoms with E-state index in [1.807, 2.05) is 0 Å². The van der Waals surface area contributed by atoms with Crippen molar-refractivity contribution in [1.29, 1.82) is 5.26 Å². The minimum atomic E-state index is -0.903. The largest absolute Gasteiger partial charge is 0.392 e. The second-order valence-corrected chi connectivity index (χ2v) is 2.05. The lowest BCUT2D eigenvalue weighted by Crippen LogP contribution is -2.25. The maximum atomic E-state index is 10.4. The number of hydrogen-bond acceptors (Lipinski definition) is 3. The number of Topliss-reactive ketones (excluding diaryl/α,β-unsaturated/α-hetero) is 1. The molecule has 0 aliphatic carbocycles. The minimum absolute atomic E-state index is 0.0509. The molecule has 0 saturated heterocycles. The molecule has 0 bridgehead atoms. The zero-order valence-corrected chi connectivity index (χ0v) is 5.73. The van der Waals surface area contributed by atoms with E-state index in [9.17, 15) is 4.79 Å². The van der Waals surface area contributed by atoms with Crippen molar-refractivity contribution >= 4 is 23.0 Å². The molecule has 0 aliphatic heterocycles. The van der Waals surface area contributed by atoms with Crippen LogP contribution in [0.2, 0.25) is 0 Å². The van der Waals surface area contributed by atoms with E-state index in [0.29, 0.717) is 0 Å². The number of hydrogen-bond donors (Lipinski definition) is 1. The first kappa shape index (κ1) is 8.05. The van der Waals surface area contributed by atoms with Gasteiger partial charge in [-0.1, -0.05) is 12.2 Å². The zero-order chi connectivity index (χ0) is 7.44. The molecule has 0 aliphatic rings. The summed E-state index contributed by atoms with van der Waals surface area (Å²) < 4.78 is 0. The summed E-state index contributed by atoms with van der Waals surface area (Å²) in [6.07, 6.45) is 0. The highest BCUT2D eigenvalue weighted by Crippen LogP contribution is 1.94. The van der Waals surface area contributed by atoms with Crippen LogP contribution in [0.15, 0.2) is 0 Å². The van der Waals surface area contributed by atoms with Gasteiger partial charge in [0.2, 0.25) is 0 Å². The van der Waals surface area contributed by atoms with Gasteiger partial charge in [-0.25, -0.2) is 0 Å². The van der Waals surface area contributed by atoms with Crippen LogP contribution in [0.25, 0.3) is 0 Å². The monoisotopic (exact) mass is 142 g/mol. The molecule has 3 nitrogen and oxygen atoms in total. The quantitative estimate of drug-likeness (QED) is 0.551. The summed E-state index contributed by atoms with van der Waals surface area (Å²) in [6, 6.07) is 1.69. The fourth-order valence-electron chi connectivity index (χ4n) is 0.355. The lowest BCUT2D eigenvalue weighted by molar-refractivity contribution is -0.117. The SMILES string of the molecule is CC(=O)C(C#N)C(N)=S. The first-order chi connectivity index (χ1) is 4.09. The third-order valence-corrected chi connectivity index (χ3v) is 1.06. The van der Waals surface area contributed by atoms with Crippen LogP contribution in [0, 0.1) is 17.2 Å². The van der Waals surface area contributed by atoms with E-state index in [4.69, 9.17) is 11.0 Å². The van der Waals surface area contributed by atoms with Crippen LogP contribution in [-0.4, -0.2) is 10.8 Å².